The largest absolute Gasteiger partial charge is 0.396 e. The minimum Gasteiger partial charge on any atom is -0.396 e. The third-order valence-corrected chi connectivity index (χ3v) is 5.10. The Bertz CT molecular complexity index is 231. The van der Waals surface area contributed by atoms with Crippen LogP contribution < -0.4 is 5.32 Å². The van der Waals surface area contributed by atoms with Gasteiger partial charge in [-0.1, -0.05) is 0 Å². The maximum atomic E-state index is 8.84. The van der Waals surface area contributed by atoms with Crippen LogP contribution in [0, 0.1) is 0 Å². The summed E-state index contributed by atoms with van der Waals surface area (Å²) in [4.78, 5) is 0. The second-order valence-electron chi connectivity index (χ2n) is 5.46. The van der Waals surface area contributed by atoms with E-state index in [4.69, 9.17) is 9.84 Å². The number of ether oxygens (including phenoxy) is 1. The number of nitrogens with one attached hydrogen (secondary N) is 1. The van der Waals surface area contributed by atoms with Crippen LogP contribution in [0.4, 0.5) is 0 Å². The molecule has 2 saturated heterocycles. The fraction of sp³-hybridized carbons (Fsp3) is 1.00. The van der Waals surface area contributed by atoms with E-state index >= 15 is 0 Å². The van der Waals surface area contributed by atoms with Crippen molar-refractivity contribution in [3.8, 4) is 0 Å². The van der Waals surface area contributed by atoms with Gasteiger partial charge in [0.25, 0.3) is 0 Å². The van der Waals surface area contributed by atoms with Gasteiger partial charge in [0.15, 0.2) is 0 Å². The summed E-state index contributed by atoms with van der Waals surface area (Å²) in [6.45, 7) is 3.44. The molecule has 0 aromatic rings. The molecule has 0 aromatic carbocycles. The van der Waals surface area contributed by atoms with Crippen LogP contribution in [0.15, 0.2) is 0 Å². The molecule has 2 aliphatic heterocycles. The Hall–Kier alpha value is 0.230. The minimum absolute atomic E-state index is 0.178. The third kappa shape index (κ3) is 3.85. The van der Waals surface area contributed by atoms with Gasteiger partial charge < -0.3 is 15.2 Å². The molecule has 3 atom stereocenters. The highest BCUT2D eigenvalue weighted by atomic mass is 32.2. The second-order valence-corrected chi connectivity index (χ2v) is 6.56. The van der Waals surface area contributed by atoms with Gasteiger partial charge >= 0.3 is 0 Å². The highest BCUT2D eigenvalue weighted by molar-refractivity contribution is 7.99. The van der Waals surface area contributed by atoms with Crippen LogP contribution in [0.3, 0.4) is 0 Å². The maximum absolute atomic E-state index is 8.84. The van der Waals surface area contributed by atoms with E-state index in [1.54, 1.807) is 0 Å². The van der Waals surface area contributed by atoms with Gasteiger partial charge in [-0.15, -0.1) is 0 Å². The van der Waals surface area contributed by atoms with Crippen molar-refractivity contribution in [2.24, 2.45) is 0 Å². The zero-order chi connectivity index (χ0) is 12.1. The number of hydrogen-bond donors (Lipinski definition) is 2. The highest BCUT2D eigenvalue weighted by Gasteiger charge is 2.40. The molecule has 2 fully saturated rings. The SMILES string of the molecule is CC(CCCO)NC1CCOC2(CCSC2)C1. The first-order valence-electron chi connectivity index (χ1n) is 6.83. The Balaban J connectivity index is 1.77. The van der Waals surface area contributed by atoms with Crippen molar-refractivity contribution in [3.05, 3.63) is 0 Å². The topological polar surface area (TPSA) is 41.5 Å². The number of thioether (sulfide) groups is 1. The monoisotopic (exact) mass is 259 g/mol. The van der Waals surface area contributed by atoms with Gasteiger partial charge in [0.1, 0.15) is 0 Å². The van der Waals surface area contributed by atoms with Crippen molar-refractivity contribution in [1.29, 1.82) is 0 Å². The van der Waals surface area contributed by atoms with E-state index in [0.717, 1.165) is 25.9 Å². The molecule has 0 amide bonds. The highest BCUT2D eigenvalue weighted by Crippen LogP contribution is 2.38. The molecule has 2 heterocycles. The van der Waals surface area contributed by atoms with Crippen molar-refractivity contribution in [2.75, 3.05) is 24.7 Å². The van der Waals surface area contributed by atoms with E-state index in [1.807, 2.05) is 11.8 Å². The van der Waals surface area contributed by atoms with Crippen molar-refractivity contribution >= 4 is 11.8 Å². The van der Waals surface area contributed by atoms with Gasteiger partial charge in [-0.2, -0.15) is 11.8 Å². The summed E-state index contributed by atoms with van der Waals surface area (Å²) in [5.41, 5.74) is 0.178. The Labute approximate surface area is 109 Å². The first-order chi connectivity index (χ1) is 8.24. The minimum atomic E-state index is 0.178. The maximum Gasteiger partial charge on any atom is 0.0795 e. The van der Waals surface area contributed by atoms with Crippen molar-refractivity contribution in [1.82, 2.24) is 5.32 Å². The summed E-state index contributed by atoms with van der Waals surface area (Å²) in [6.07, 6.45) is 5.49. The summed E-state index contributed by atoms with van der Waals surface area (Å²) in [5.74, 6) is 2.43. The molecule has 4 heteroatoms. The summed E-state index contributed by atoms with van der Waals surface area (Å²) in [7, 11) is 0. The molecule has 3 unspecified atom stereocenters. The van der Waals surface area contributed by atoms with Crippen LogP contribution in [-0.4, -0.2) is 47.5 Å². The Morgan fingerprint density at radius 2 is 2.47 bits per heavy atom. The predicted octanol–water partition coefficient (Wildman–Crippen LogP) is 1.79. The molecule has 2 N–H and O–H groups in total. The first kappa shape index (κ1) is 13.7. The van der Waals surface area contributed by atoms with E-state index in [2.05, 4.69) is 12.2 Å². The fourth-order valence-electron chi connectivity index (χ4n) is 2.92. The van der Waals surface area contributed by atoms with E-state index in [9.17, 15) is 0 Å². The first-order valence-corrected chi connectivity index (χ1v) is 7.98. The van der Waals surface area contributed by atoms with E-state index in [0.29, 0.717) is 18.7 Å². The number of hydrogen-bond acceptors (Lipinski definition) is 4. The lowest BCUT2D eigenvalue weighted by molar-refractivity contribution is -0.0712. The molecule has 100 valence electrons. The molecule has 0 saturated carbocycles. The van der Waals surface area contributed by atoms with Crippen LogP contribution in [0.5, 0.6) is 0 Å². The summed E-state index contributed by atoms with van der Waals surface area (Å²) in [6, 6.07) is 1.12. The summed E-state index contributed by atoms with van der Waals surface area (Å²) >= 11 is 2.03. The normalized spacial score (nSPS) is 35.3. The zero-order valence-corrected chi connectivity index (χ0v) is 11.6. The number of aliphatic hydroxyl groups is 1. The average molecular weight is 259 g/mol. The van der Waals surface area contributed by atoms with Crippen molar-refractivity contribution in [2.45, 2.75) is 56.7 Å². The lowest BCUT2D eigenvalue weighted by Crippen LogP contribution is -2.49. The van der Waals surface area contributed by atoms with E-state index in [-0.39, 0.29) is 5.60 Å². The predicted molar refractivity (Wildman–Crippen MR) is 72.6 cm³/mol. The lowest BCUT2D eigenvalue weighted by Gasteiger charge is -2.39. The molecule has 2 aliphatic rings. The van der Waals surface area contributed by atoms with Crippen molar-refractivity contribution in [3.63, 3.8) is 0 Å². The molecule has 0 bridgehead atoms. The lowest BCUT2D eigenvalue weighted by atomic mass is 9.89. The molecule has 0 aliphatic carbocycles. The molecule has 0 radical (unpaired) electrons. The van der Waals surface area contributed by atoms with Gasteiger partial charge in [0.2, 0.25) is 0 Å². The van der Waals surface area contributed by atoms with Gasteiger partial charge in [-0.25, -0.2) is 0 Å². The molecule has 0 aromatic heterocycles. The molecular formula is C13H25NO2S. The van der Waals surface area contributed by atoms with Crippen LogP contribution in [0.2, 0.25) is 0 Å². The van der Waals surface area contributed by atoms with E-state index < -0.39 is 0 Å². The van der Waals surface area contributed by atoms with Crippen LogP contribution >= 0.6 is 11.8 Å². The fourth-order valence-corrected chi connectivity index (χ4v) is 4.29. The zero-order valence-electron chi connectivity index (χ0n) is 10.8. The van der Waals surface area contributed by atoms with Gasteiger partial charge in [0, 0.05) is 31.1 Å². The summed E-state index contributed by atoms with van der Waals surface area (Å²) in [5, 5.41) is 12.5. The standard InChI is InChI=1S/C13H25NO2S/c1-11(3-2-6-15)14-12-4-7-16-13(9-12)5-8-17-10-13/h11-12,14-15H,2-10H2,1H3. The summed E-state index contributed by atoms with van der Waals surface area (Å²) < 4.78 is 6.02. The number of aliphatic hydroxyl groups excluding tert-OH is 1. The number of rotatable bonds is 5. The molecule has 17 heavy (non-hydrogen) atoms. The van der Waals surface area contributed by atoms with Crippen molar-refractivity contribution < 1.29 is 9.84 Å². The second kappa shape index (κ2) is 6.41. The Morgan fingerprint density at radius 1 is 1.59 bits per heavy atom. The molecular weight excluding hydrogens is 234 g/mol. The van der Waals surface area contributed by atoms with Gasteiger partial charge in [0.05, 0.1) is 5.60 Å². The van der Waals surface area contributed by atoms with Gasteiger partial charge in [-0.05, 0) is 44.8 Å². The molecule has 1 spiro atoms. The Morgan fingerprint density at radius 3 is 3.18 bits per heavy atom. The van der Waals surface area contributed by atoms with Crippen LogP contribution in [0.25, 0.3) is 0 Å². The van der Waals surface area contributed by atoms with Gasteiger partial charge in [-0.3, -0.25) is 0 Å². The molecule has 2 rings (SSSR count). The van der Waals surface area contributed by atoms with E-state index in [1.165, 1.54) is 24.3 Å². The average Bonchev–Trinajstić information content (AvgIpc) is 2.74. The quantitative estimate of drug-likeness (QED) is 0.790. The third-order valence-electron chi connectivity index (χ3n) is 3.88. The van der Waals surface area contributed by atoms with Crippen LogP contribution in [0.1, 0.15) is 39.0 Å². The molecule has 3 nitrogen and oxygen atoms in total. The smallest absolute Gasteiger partial charge is 0.0795 e. The van der Waals surface area contributed by atoms with Crippen LogP contribution in [-0.2, 0) is 4.74 Å². The Kier molecular flexibility index (Phi) is 5.15.